The Labute approximate surface area is 697 Å². The van der Waals surface area contributed by atoms with Crippen LogP contribution in [0.4, 0.5) is 22.0 Å². The quantitative estimate of drug-likeness (QED) is 0.00920. The summed E-state index contributed by atoms with van der Waals surface area (Å²) in [5, 5.41) is 19.7. The van der Waals surface area contributed by atoms with E-state index in [1.807, 2.05) is 209 Å². The number of esters is 3. The number of rotatable bonds is 40. The molecule has 624 valence electrons. The number of quaternary nitrogens is 1. The molecule has 0 heterocycles. The van der Waals surface area contributed by atoms with Gasteiger partial charge < -0.3 is 57.4 Å². The molecule has 24 heteroatoms. The monoisotopic (exact) mass is 1660 g/mol. The van der Waals surface area contributed by atoms with Crippen molar-refractivity contribution in [2.45, 2.75) is 169 Å². The lowest BCUT2D eigenvalue weighted by atomic mass is 10.0. The van der Waals surface area contributed by atoms with Crippen molar-refractivity contribution < 1.29 is 105 Å². The summed E-state index contributed by atoms with van der Waals surface area (Å²) < 4.78 is 102. The predicted molar refractivity (Wildman–Crippen MR) is 452 cm³/mol. The Hall–Kier alpha value is -8.81. The van der Waals surface area contributed by atoms with Gasteiger partial charge in [0, 0.05) is 43.9 Å². The molecule has 8 aromatic carbocycles. The van der Waals surface area contributed by atoms with E-state index in [9.17, 15) is 55.8 Å². The zero-order valence-corrected chi connectivity index (χ0v) is 68.1. The summed E-state index contributed by atoms with van der Waals surface area (Å²) >= 11 is 8.91. The van der Waals surface area contributed by atoms with Gasteiger partial charge in [0.2, 0.25) is 0 Å². The first-order valence-electron chi connectivity index (χ1n) is 38.2. The number of ketones is 3. The van der Waals surface area contributed by atoms with Crippen LogP contribution in [0.5, 0.6) is 0 Å². The Kier molecular flexibility index (Phi) is 62.1. The topological polar surface area (TPSA) is 229 Å². The van der Waals surface area contributed by atoms with E-state index >= 15 is 0 Å². The van der Waals surface area contributed by atoms with E-state index in [0.717, 1.165) is 50.9 Å². The third-order valence-electron chi connectivity index (χ3n) is 15.7. The first kappa shape index (κ1) is 103. The van der Waals surface area contributed by atoms with E-state index in [2.05, 4.69) is 35.5 Å². The molecule has 0 aliphatic heterocycles. The summed E-state index contributed by atoms with van der Waals surface area (Å²) in [5.41, 5.74) is 14.7. The molecule has 0 aromatic heterocycles. The highest BCUT2D eigenvalue weighted by molar-refractivity contribution is 7.79. The number of Topliss-reactive ketones (excluding diaryl/α,β-unsaturated/α-hetero) is 3. The maximum Gasteiger partial charge on any atom is 0.306 e. The van der Waals surface area contributed by atoms with Gasteiger partial charge in [-0.3, -0.25) is 28.8 Å². The second kappa shape index (κ2) is 68.6. The molecular weight excluding hydrogens is 1550 g/mol. The summed E-state index contributed by atoms with van der Waals surface area (Å²) in [7, 11) is 0. The molecule has 0 fully saturated rings. The van der Waals surface area contributed by atoms with E-state index < -0.39 is 55.2 Å². The fraction of sp³-hybridized carbons (Fsp3) is 0.378. The van der Waals surface area contributed by atoms with Gasteiger partial charge in [-0.15, -0.1) is 12.4 Å². The highest BCUT2D eigenvalue weighted by atomic mass is 35.5. The molecule has 0 saturated carbocycles. The van der Waals surface area contributed by atoms with Gasteiger partial charge in [-0.2, -0.15) is 0 Å². The largest absolute Gasteiger partial charge is 1.00 e. The van der Waals surface area contributed by atoms with Crippen molar-refractivity contribution in [3.05, 3.63) is 252 Å². The minimum atomic E-state index is -1.33. The number of ether oxygens (including phenoxy) is 5. The van der Waals surface area contributed by atoms with Crippen LogP contribution in [0.1, 0.15) is 164 Å². The summed E-state index contributed by atoms with van der Waals surface area (Å²) in [6.07, 6.45) is -3.73. The number of thiocarbonyl (C=S) groups is 2. The van der Waals surface area contributed by atoms with Crippen molar-refractivity contribution in [1.29, 1.82) is 0 Å². The Morgan fingerprint density at radius 2 is 0.746 bits per heavy atom. The molecule has 0 amide bonds. The maximum atomic E-state index is 13.3. The summed E-state index contributed by atoms with van der Waals surface area (Å²) in [4.78, 5) is 71.0. The molecule has 8 rings (SSSR count). The van der Waals surface area contributed by atoms with Crippen LogP contribution >= 0.6 is 36.8 Å². The first-order chi connectivity index (χ1) is 54.4. The molecule has 7 atom stereocenters. The van der Waals surface area contributed by atoms with Gasteiger partial charge in [0.1, 0.15) is 44.9 Å². The molecule has 0 saturated heterocycles. The lowest BCUT2D eigenvalue weighted by Crippen LogP contribution is -3.00. The van der Waals surface area contributed by atoms with Crippen molar-refractivity contribution >= 4 is 82.9 Å². The number of nitrogens with one attached hydrogen (secondary N) is 1. The average molecular weight is 1670 g/mol. The lowest BCUT2D eigenvalue weighted by molar-refractivity contribution is -0.380. The van der Waals surface area contributed by atoms with Crippen molar-refractivity contribution in [3.8, 4) is 33.4 Å². The second-order valence-electron chi connectivity index (χ2n) is 24.7. The van der Waals surface area contributed by atoms with E-state index in [-0.39, 0.29) is 146 Å². The Balaban J connectivity index is 0. The number of hydrogen-bond acceptors (Lipinski definition) is 15. The van der Waals surface area contributed by atoms with Gasteiger partial charge in [-0.05, 0) is 81.9 Å². The Morgan fingerprint density at radius 1 is 0.447 bits per heavy atom. The highest BCUT2D eigenvalue weighted by Crippen LogP contribution is 2.23. The molecule has 8 aromatic rings. The molecule has 0 bridgehead atoms. The van der Waals surface area contributed by atoms with Gasteiger partial charge >= 0.3 is 17.9 Å². The fourth-order valence-electron chi connectivity index (χ4n) is 8.93. The normalized spacial score (nSPS) is 12.1. The smallest absolute Gasteiger partial charge is 0.306 e. The molecule has 0 spiro atoms. The average Bonchev–Trinajstić information content (AvgIpc) is 0.865. The SMILES string of the molecule is C.CCC(F)CO.CCC(F)COC(=O)CCC(=O)c1ccc(-c2ccccc2)cc1.CCC(F)COCc1ccccc1.CCC(O)COCc1ccccc1.Cl.O=C(CCC(=O)c1ccc(-c2ccccc2)cc1)OCC(F)CNC=S.[2H]C(=S)C([3H])CC.[Cl-].[NH3+]CC(F)COC(=O)CCC(=O)c1ccc(-c2ccccc2)cc1. The van der Waals surface area contributed by atoms with Crippen LogP contribution in [0.2, 0.25) is 0 Å². The summed E-state index contributed by atoms with van der Waals surface area (Å²) in [5.74, 6) is -2.12. The van der Waals surface area contributed by atoms with E-state index in [1.54, 1.807) is 50.2 Å². The summed E-state index contributed by atoms with van der Waals surface area (Å²) in [6, 6.07) is 71.1. The van der Waals surface area contributed by atoms with Crippen LogP contribution in [0.15, 0.2) is 224 Å². The van der Waals surface area contributed by atoms with Crippen LogP contribution in [0.25, 0.3) is 33.4 Å². The second-order valence-corrected chi connectivity index (χ2v) is 25.1. The van der Waals surface area contributed by atoms with Crippen LogP contribution in [-0.4, -0.2) is 146 Å². The molecular formula is C90H115Cl2F5N2O13S2. The number of benzene rings is 8. The Morgan fingerprint density at radius 3 is 1.02 bits per heavy atom. The number of aliphatic hydroxyl groups excluding tert-OH is 2. The molecule has 15 nitrogen and oxygen atoms in total. The number of hydrogen-bond donors (Lipinski definition) is 4. The number of carbonyl (C=O) groups is 6. The molecule has 6 N–H and O–H groups in total. The number of aliphatic hydroxyl groups is 2. The van der Waals surface area contributed by atoms with E-state index in [1.165, 1.54) is 5.49 Å². The van der Waals surface area contributed by atoms with Crippen molar-refractivity contribution in [3.63, 3.8) is 0 Å². The number of carbonyl (C=O) groups excluding carboxylic acids is 6. The van der Waals surface area contributed by atoms with Gasteiger partial charge in [-0.25, -0.2) is 22.0 Å². The zero-order chi connectivity index (χ0) is 83.4. The van der Waals surface area contributed by atoms with Gasteiger partial charge in [0.05, 0.1) is 65.3 Å². The van der Waals surface area contributed by atoms with Gasteiger partial charge in [0.15, 0.2) is 29.7 Å². The molecule has 7 unspecified atom stereocenters. The number of halogens is 7. The number of alkyl halides is 5. The molecule has 0 aliphatic rings. The van der Waals surface area contributed by atoms with E-state index in [4.69, 9.17) is 31.5 Å². The minimum Gasteiger partial charge on any atom is -1.00 e. The van der Waals surface area contributed by atoms with Crippen molar-refractivity contribution in [2.75, 3.05) is 52.7 Å². The van der Waals surface area contributed by atoms with Crippen LogP contribution < -0.4 is 23.5 Å². The van der Waals surface area contributed by atoms with Crippen LogP contribution in [0, 0.1) is 0 Å². The van der Waals surface area contributed by atoms with Gasteiger partial charge in [-0.1, -0.05) is 297 Å². The zero-order valence-electron chi connectivity index (χ0n) is 66.9. The molecule has 0 aliphatic carbocycles. The summed E-state index contributed by atoms with van der Waals surface area (Å²) in [6.45, 7) is 9.50. The maximum absolute atomic E-state index is 13.3. The van der Waals surface area contributed by atoms with Crippen molar-refractivity contribution in [2.24, 2.45) is 0 Å². The predicted octanol–water partition coefficient (Wildman–Crippen LogP) is 16.3. The Bertz CT molecular complexity index is 3710. The van der Waals surface area contributed by atoms with E-state index in [0.29, 0.717) is 62.2 Å². The third kappa shape index (κ3) is 51.1. The fourth-order valence-corrected chi connectivity index (χ4v) is 9.20. The first-order valence-corrected chi connectivity index (χ1v) is 38.0. The molecule has 114 heavy (non-hydrogen) atoms. The highest BCUT2D eigenvalue weighted by Gasteiger charge is 2.17. The van der Waals surface area contributed by atoms with Crippen LogP contribution in [-0.2, 0) is 51.3 Å². The van der Waals surface area contributed by atoms with Crippen LogP contribution in [0.3, 0.4) is 0 Å². The third-order valence-corrected chi connectivity index (χ3v) is 16.1. The molecule has 0 radical (unpaired) electrons. The minimum absolute atomic E-state index is 0. The van der Waals surface area contributed by atoms with Crippen molar-refractivity contribution in [1.82, 2.24) is 5.32 Å². The van der Waals surface area contributed by atoms with Gasteiger partial charge in [0.25, 0.3) is 0 Å². The standard InChI is InChI=1S/C20H20FNO3S.C20H21FO3.C19H20FNO3.C11H15FO.C11H16O2.C4H9FO.C4H8S.CH4.2ClH/c21-18(12-22-14-26)13-25-20(24)11-10-19(23)17-8-6-16(7-9-17)15-4-2-1-3-5-15;1-2-18(21)14-24-20(23)13-12-19(22)17-10-8-16(9-11-17)15-6-4-3-5-7-15;20-17(12-21)13-24-19(23)11-10-18(22)16-8-6-15(7-9-16)14-4-2-1-3-5-14;2*1-2-11(12)9-13-8-10-6-4-3-5-7-10;1-2-4(5)3-6;1-2-3-4-5;;;/h1-9,14,18H,10-13H2,(H,22,26);3-11,18H,2,12-14H2,1H3;1-9,17H,10-13,21H2;3-7,11H,2,8-9H2,1H3;3-7,11-12H,2,8-9H2,1H3;4,6H,2-3H2,1H3;4H,2-3H2,1H3;1H4;2*1H/i;;;;;;3T,4D;;;. The lowest BCUT2D eigenvalue weighted by Gasteiger charge is -2.09.